The quantitative estimate of drug-likeness (QED) is 0.580. The van der Waals surface area contributed by atoms with Gasteiger partial charge in [-0.25, -0.2) is 9.78 Å². The molecule has 1 N–H and O–H groups in total. The van der Waals surface area contributed by atoms with Crippen LogP contribution in [0.15, 0.2) is 15.9 Å². The molecule has 0 spiro atoms. The predicted molar refractivity (Wildman–Crippen MR) is 66.2 cm³/mol. The van der Waals surface area contributed by atoms with Gasteiger partial charge >= 0.3 is 35.2 Å². The first-order chi connectivity index (χ1) is 7.79. The number of fused-ring (bicyclic) bond motifs is 1. The Morgan fingerprint density at radius 2 is 2.00 bits per heavy atom. The molecular weight excluding hydrogens is 243 g/mol. The summed E-state index contributed by atoms with van der Waals surface area (Å²) in [4.78, 5) is 30.0. The molecule has 0 aliphatic heterocycles. The van der Waals surface area contributed by atoms with Gasteiger partial charge in [-0.15, -0.1) is 0 Å². The van der Waals surface area contributed by atoms with Crippen molar-refractivity contribution < 1.29 is 31.0 Å². The van der Waals surface area contributed by atoms with Gasteiger partial charge in [0.15, 0.2) is 11.2 Å². The van der Waals surface area contributed by atoms with Crippen LogP contribution in [0.2, 0.25) is 0 Å². The van der Waals surface area contributed by atoms with Crippen LogP contribution in [-0.2, 0) is 13.6 Å². The maximum Gasteiger partial charge on any atom is 1.00 e. The van der Waals surface area contributed by atoms with Crippen LogP contribution in [0.1, 0.15) is 22.2 Å². The van der Waals surface area contributed by atoms with E-state index in [0.717, 1.165) is 4.57 Å². The van der Waals surface area contributed by atoms with E-state index in [1.165, 1.54) is 7.05 Å². The molecule has 0 aliphatic rings. The second-order valence-corrected chi connectivity index (χ2v) is 5.42. The summed E-state index contributed by atoms with van der Waals surface area (Å²) in [5.41, 5.74) is 0.0767. The number of aromatic nitrogens is 4. The van der Waals surface area contributed by atoms with Gasteiger partial charge in [-0.2, -0.15) is 0 Å². The first kappa shape index (κ1) is 15.2. The Labute approximate surface area is 128 Å². The number of nitrogens with zero attached hydrogens (tertiary/aromatic N) is 3. The molecule has 0 saturated carbocycles. The first-order valence-electron chi connectivity index (χ1n) is 5.44. The van der Waals surface area contributed by atoms with Gasteiger partial charge in [-0.1, -0.05) is 20.8 Å². The third-order valence-electron chi connectivity index (χ3n) is 2.52. The first-order valence-corrected chi connectivity index (χ1v) is 5.44. The van der Waals surface area contributed by atoms with E-state index < -0.39 is 5.69 Å². The van der Waals surface area contributed by atoms with Gasteiger partial charge in [0.25, 0.3) is 5.56 Å². The summed E-state index contributed by atoms with van der Waals surface area (Å²) in [6.07, 6.45) is 1.59. The van der Waals surface area contributed by atoms with Crippen molar-refractivity contribution in [2.45, 2.75) is 27.3 Å². The van der Waals surface area contributed by atoms with Crippen LogP contribution < -0.4 is 40.8 Å². The van der Waals surface area contributed by atoms with E-state index >= 15 is 0 Å². The van der Waals surface area contributed by atoms with E-state index in [4.69, 9.17) is 0 Å². The van der Waals surface area contributed by atoms with Crippen LogP contribution in [0, 0.1) is 5.41 Å². The molecule has 2 aromatic rings. The fourth-order valence-electron chi connectivity index (χ4n) is 1.77. The molecule has 0 atom stereocenters. The van der Waals surface area contributed by atoms with E-state index in [1.54, 1.807) is 10.9 Å². The fraction of sp³-hybridized carbons (Fsp3) is 0.545. The van der Waals surface area contributed by atoms with Crippen molar-refractivity contribution in [2.75, 3.05) is 0 Å². The minimum absolute atomic E-state index is 0. The molecule has 18 heavy (non-hydrogen) atoms. The largest absolute Gasteiger partial charge is 1.00 e. The van der Waals surface area contributed by atoms with E-state index in [0.29, 0.717) is 17.7 Å². The third-order valence-corrected chi connectivity index (χ3v) is 2.52. The third kappa shape index (κ3) is 2.76. The van der Waals surface area contributed by atoms with Crippen molar-refractivity contribution in [1.82, 2.24) is 19.1 Å². The topological polar surface area (TPSA) is 72.7 Å². The Bertz CT molecular complexity index is 681. The maximum atomic E-state index is 12.0. The molecule has 0 aliphatic carbocycles. The van der Waals surface area contributed by atoms with E-state index in [9.17, 15) is 9.59 Å². The Kier molecular flexibility index (Phi) is 4.25. The molecule has 0 bridgehead atoms. The Hall–Kier alpha value is -0.850. The van der Waals surface area contributed by atoms with E-state index in [2.05, 4.69) is 30.7 Å². The predicted octanol–water partition coefficient (Wildman–Crippen LogP) is -2.41. The average Bonchev–Trinajstić information content (AvgIpc) is 2.55. The molecule has 0 fully saturated rings. The Balaban J connectivity index is 0.00000162. The van der Waals surface area contributed by atoms with Gasteiger partial charge in [0, 0.05) is 13.6 Å². The fourth-order valence-corrected chi connectivity index (χ4v) is 1.77. The van der Waals surface area contributed by atoms with Crippen LogP contribution in [0.4, 0.5) is 0 Å². The molecule has 0 radical (unpaired) electrons. The van der Waals surface area contributed by atoms with Gasteiger partial charge in [0.2, 0.25) is 0 Å². The summed E-state index contributed by atoms with van der Waals surface area (Å²) in [5, 5.41) is 0. The van der Waals surface area contributed by atoms with E-state index in [-0.39, 0.29) is 42.0 Å². The van der Waals surface area contributed by atoms with Crippen LogP contribution in [0.3, 0.4) is 0 Å². The Morgan fingerprint density at radius 1 is 1.39 bits per heavy atom. The van der Waals surface area contributed by atoms with Gasteiger partial charge in [-0.05, 0) is 5.41 Å². The zero-order valence-corrected chi connectivity index (χ0v) is 13.4. The molecule has 0 unspecified atom stereocenters. The summed E-state index contributed by atoms with van der Waals surface area (Å²) in [6, 6.07) is 0. The molecule has 94 valence electrons. The number of H-pyrrole nitrogens is 1. The van der Waals surface area contributed by atoms with Gasteiger partial charge in [0.05, 0.1) is 6.33 Å². The van der Waals surface area contributed by atoms with Crippen molar-refractivity contribution >= 4 is 11.2 Å². The average molecular weight is 260 g/mol. The van der Waals surface area contributed by atoms with Crippen molar-refractivity contribution in [3.8, 4) is 0 Å². The summed E-state index contributed by atoms with van der Waals surface area (Å²) in [5.74, 6) is 0. The summed E-state index contributed by atoms with van der Waals surface area (Å²) in [7, 11) is 1.45. The molecule has 7 heteroatoms. The van der Waals surface area contributed by atoms with Crippen molar-refractivity contribution in [2.24, 2.45) is 12.5 Å². The van der Waals surface area contributed by atoms with Crippen LogP contribution in [-0.4, -0.2) is 19.1 Å². The van der Waals surface area contributed by atoms with Gasteiger partial charge in [-0.3, -0.25) is 14.3 Å². The molecule has 0 aromatic carbocycles. The molecule has 0 saturated heterocycles. The number of imidazole rings is 1. The molecule has 2 rings (SSSR count). The maximum absolute atomic E-state index is 12.0. The normalized spacial score (nSPS) is 11.6. The number of hydrogen-bond acceptors (Lipinski definition) is 3. The monoisotopic (exact) mass is 260 g/mol. The minimum atomic E-state index is -0.441. The number of hydrogen-bond donors (Lipinski definition) is 1. The van der Waals surface area contributed by atoms with Crippen LogP contribution in [0.5, 0.6) is 0 Å². The zero-order chi connectivity index (χ0) is 12.8. The number of nitrogens with one attached hydrogen (secondary N) is 1. The second kappa shape index (κ2) is 5.03. The second-order valence-electron chi connectivity index (χ2n) is 5.42. The van der Waals surface area contributed by atoms with Gasteiger partial charge in [0.1, 0.15) is 0 Å². The molecule has 2 aromatic heterocycles. The molecular formula is C11H17N4NaO2. The molecule has 2 heterocycles. The summed E-state index contributed by atoms with van der Waals surface area (Å²) < 4.78 is 2.84. The summed E-state index contributed by atoms with van der Waals surface area (Å²) in [6.45, 7) is 6.91. The number of aromatic amines is 1. The molecule has 6 nitrogen and oxygen atoms in total. The van der Waals surface area contributed by atoms with Crippen molar-refractivity contribution in [3.63, 3.8) is 0 Å². The van der Waals surface area contributed by atoms with Crippen LogP contribution in [0.25, 0.3) is 11.2 Å². The van der Waals surface area contributed by atoms with E-state index in [1.807, 2.05) is 0 Å². The van der Waals surface area contributed by atoms with Crippen molar-refractivity contribution in [3.05, 3.63) is 27.2 Å². The number of rotatable bonds is 1. The zero-order valence-electron chi connectivity index (χ0n) is 12.4. The molecule has 0 amide bonds. The SMILES string of the molecule is Cn1c(=O)[nH]c2ncn(CC(C)(C)C)c2c1=O.[H-].[Na+]. The van der Waals surface area contributed by atoms with Crippen molar-refractivity contribution in [1.29, 1.82) is 0 Å². The summed E-state index contributed by atoms with van der Waals surface area (Å²) >= 11 is 0. The smallest absolute Gasteiger partial charge is 1.00 e. The van der Waals surface area contributed by atoms with Crippen LogP contribution >= 0.6 is 0 Å². The van der Waals surface area contributed by atoms with Gasteiger partial charge < -0.3 is 5.99 Å². The standard InChI is InChI=1S/C11H16N4O2.Na.H/c1-11(2,3)5-15-6-12-8-7(15)9(16)14(4)10(17)13-8;;/h6H,5H2,1-4H3,(H,13,17);;/q;+1;-1. The Morgan fingerprint density at radius 3 is 2.56 bits per heavy atom. The minimum Gasteiger partial charge on any atom is -1.00 e.